The van der Waals surface area contributed by atoms with E-state index in [0.29, 0.717) is 30.9 Å². The summed E-state index contributed by atoms with van der Waals surface area (Å²) in [5.41, 5.74) is 3.22. The zero-order valence-corrected chi connectivity index (χ0v) is 21.9. The lowest BCUT2D eigenvalue weighted by molar-refractivity contribution is 0.0956. The van der Waals surface area contributed by atoms with Crippen LogP contribution in [0.15, 0.2) is 42.5 Å². The third-order valence-electron chi connectivity index (χ3n) is 7.44. The number of aromatic amines is 1. The first kappa shape index (κ1) is 26.3. The van der Waals surface area contributed by atoms with E-state index >= 15 is 4.39 Å². The van der Waals surface area contributed by atoms with Gasteiger partial charge in [-0.3, -0.25) is 9.29 Å². The van der Waals surface area contributed by atoms with E-state index in [1.54, 1.807) is 7.11 Å². The fraction of sp³-hybridized carbons (Fsp3) is 0.483. The molecule has 1 aromatic heterocycles. The molecular weight excluding hydrogens is 492 g/mol. The van der Waals surface area contributed by atoms with Crippen LogP contribution in [0.2, 0.25) is 0 Å². The molecule has 0 radical (unpaired) electrons. The first-order valence-corrected chi connectivity index (χ1v) is 13.2. The molecule has 38 heavy (non-hydrogen) atoms. The highest BCUT2D eigenvalue weighted by Crippen LogP contribution is 2.48. The van der Waals surface area contributed by atoms with Crippen LogP contribution in [-0.2, 0) is 11.2 Å². The van der Waals surface area contributed by atoms with Crippen molar-refractivity contribution in [3.05, 3.63) is 59.3 Å². The van der Waals surface area contributed by atoms with Gasteiger partial charge in [0.15, 0.2) is 0 Å². The summed E-state index contributed by atoms with van der Waals surface area (Å²) >= 11 is 0. The normalized spacial score (nSPS) is 20.1. The Morgan fingerprint density at radius 1 is 1.21 bits per heavy atom. The Kier molecular flexibility index (Phi) is 7.74. The molecule has 2 N–H and O–H groups in total. The minimum absolute atomic E-state index is 0.0520. The molecule has 0 bridgehead atoms. The van der Waals surface area contributed by atoms with E-state index in [0.717, 1.165) is 23.2 Å². The van der Waals surface area contributed by atoms with Crippen molar-refractivity contribution in [1.29, 1.82) is 0 Å². The van der Waals surface area contributed by atoms with Gasteiger partial charge in [0.2, 0.25) is 0 Å². The summed E-state index contributed by atoms with van der Waals surface area (Å²) < 4.78 is 43.9. The molecule has 0 saturated heterocycles. The number of H-pyrrole nitrogens is 1. The maximum absolute atomic E-state index is 15.1. The summed E-state index contributed by atoms with van der Waals surface area (Å²) in [4.78, 5) is 17.5. The molecule has 3 aromatic rings. The van der Waals surface area contributed by atoms with Crippen LogP contribution in [0.25, 0.3) is 10.9 Å². The summed E-state index contributed by atoms with van der Waals surface area (Å²) in [6.07, 6.45) is 1.69. The SMILES string of the molecule is COc1cc(OCCOC(=O)NCCCF)ccc1[C@@H]1c2[nH]c3ccccc3c2C[C@@H](C)N1CC1(F)CC1. The predicted octanol–water partition coefficient (Wildman–Crippen LogP) is 5.48. The number of hydrogen-bond acceptors (Lipinski definition) is 5. The molecule has 2 aliphatic rings. The highest BCUT2D eigenvalue weighted by atomic mass is 19.1. The molecule has 7 nitrogen and oxygen atoms in total. The number of ether oxygens (including phenoxy) is 3. The van der Waals surface area contributed by atoms with Crippen molar-refractivity contribution in [3.8, 4) is 11.5 Å². The maximum atomic E-state index is 15.1. The van der Waals surface area contributed by atoms with Crippen molar-refractivity contribution in [2.24, 2.45) is 0 Å². The van der Waals surface area contributed by atoms with E-state index in [9.17, 15) is 9.18 Å². The number of rotatable bonds is 11. The summed E-state index contributed by atoms with van der Waals surface area (Å²) in [7, 11) is 1.62. The van der Waals surface area contributed by atoms with Crippen LogP contribution in [0.1, 0.15) is 49.0 Å². The number of alkyl carbamates (subject to hydrolysis) is 1. The Labute approximate surface area is 221 Å². The number of methoxy groups -OCH3 is 1. The molecule has 0 unspecified atom stereocenters. The van der Waals surface area contributed by atoms with Gasteiger partial charge in [0.05, 0.1) is 19.8 Å². The van der Waals surface area contributed by atoms with E-state index < -0.39 is 18.4 Å². The third kappa shape index (κ3) is 5.57. The molecule has 2 atom stereocenters. The van der Waals surface area contributed by atoms with Crippen molar-refractivity contribution >= 4 is 17.0 Å². The van der Waals surface area contributed by atoms with Crippen molar-refractivity contribution in [2.45, 2.75) is 50.4 Å². The first-order valence-electron chi connectivity index (χ1n) is 13.2. The molecule has 2 aromatic carbocycles. The number of benzene rings is 2. The standard InChI is InChI=1S/C29H35F2N3O4/c1-19-16-23-21-6-3-4-7-24(21)33-26(23)27(34(19)18-29(31)10-11-29)22-9-8-20(17-25(22)36-2)37-14-15-38-28(35)32-13-5-12-30/h3-4,6-9,17,19,27,33H,5,10-16,18H2,1-2H3,(H,32,35)/t19-,27-/m1/s1. The van der Waals surface area contributed by atoms with Gasteiger partial charge in [-0.15, -0.1) is 0 Å². The molecule has 1 aliphatic heterocycles. The minimum Gasteiger partial charge on any atom is -0.496 e. The van der Waals surface area contributed by atoms with Gasteiger partial charge >= 0.3 is 6.09 Å². The number of carbonyl (C=O) groups excluding carboxylic acids is 1. The third-order valence-corrected chi connectivity index (χ3v) is 7.44. The van der Waals surface area contributed by atoms with Crippen LogP contribution in [0.4, 0.5) is 13.6 Å². The van der Waals surface area contributed by atoms with E-state index in [2.05, 4.69) is 34.3 Å². The number of para-hydroxylation sites is 1. The lowest BCUT2D eigenvalue weighted by Gasteiger charge is -2.42. The molecule has 5 rings (SSSR count). The van der Waals surface area contributed by atoms with Crippen LogP contribution in [-0.4, -0.2) is 67.8 Å². The lowest BCUT2D eigenvalue weighted by atomic mass is 9.87. The lowest BCUT2D eigenvalue weighted by Crippen LogP contribution is -2.46. The number of nitrogens with zero attached hydrogens (tertiary/aromatic N) is 1. The van der Waals surface area contributed by atoms with E-state index in [1.807, 2.05) is 30.3 Å². The van der Waals surface area contributed by atoms with Gasteiger partial charge < -0.3 is 24.5 Å². The van der Waals surface area contributed by atoms with Gasteiger partial charge in [0, 0.05) is 47.4 Å². The number of aromatic nitrogens is 1. The maximum Gasteiger partial charge on any atom is 0.407 e. The minimum atomic E-state index is -1.13. The van der Waals surface area contributed by atoms with Gasteiger partial charge in [-0.25, -0.2) is 9.18 Å². The Bertz CT molecular complexity index is 1280. The second-order valence-corrected chi connectivity index (χ2v) is 10.2. The topological polar surface area (TPSA) is 75.8 Å². The molecule has 0 spiro atoms. The van der Waals surface area contributed by atoms with Crippen molar-refractivity contribution in [1.82, 2.24) is 15.2 Å². The summed E-state index contributed by atoms with van der Waals surface area (Å²) in [5.74, 6) is 1.22. The monoisotopic (exact) mass is 527 g/mol. The molecule has 2 heterocycles. The largest absolute Gasteiger partial charge is 0.496 e. The Hall–Kier alpha value is -3.33. The summed E-state index contributed by atoms with van der Waals surface area (Å²) in [5, 5.41) is 3.68. The highest BCUT2D eigenvalue weighted by molar-refractivity contribution is 5.85. The van der Waals surface area contributed by atoms with Crippen LogP contribution >= 0.6 is 0 Å². The molecule has 1 saturated carbocycles. The fourth-order valence-corrected chi connectivity index (χ4v) is 5.32. The Morgan fingerprint density at radius 2 is 2.03 bits per heavy atom. The van der Waals surface area contributed by atoms with Crippen LogP contribution < -0.4 is 14.8 Å². The smallest absolute Gasteiger partial charge is 0.407 e. The molecule has 1 amide bonds. The average molecular weight is 528 g/mol. The number of alkyl halides is 2. The molecule has 1 fully saturated rings. The predicted molar refractivity (Wildman–Crippen MR) is 142 cm³/mol. The molecule has 204 valence electrons. The van der Waals surface area contributed by atoms with Crippen LogP contribution in [0, 0.1) is 0 Å². The van der Waals surface area contributed by atoms with Gasteiger partial charge in [0.1, 0.15) is 30.4 Å². The number of amides is 1. The van der Waals surface area contributed by atoms with Gasteiger partial charge in [-0.1, -0.05) is 18.2 Å². The fourth-order valence-electron chi connectivity index (χ4n) is 5.32. The van der Waals surface area contributed by atoms with Crippen molar-refractivity contribution in [2.75, 3.05) is 40.1 Å². The van der Waals surface area contributed by atoms with Crippen molar-refractivity contribution in [3.63, 3.8) is 0 Å². The van der Waals surface area contributed by atoms with E-state index in [4.69, 9.17) is 14.2 Å². The number of carbonyl (C=O) groups is 1. The highest BCUT2D eigenvalue weighted by Gasteiger charge is 2.48. The number of halogens is 2. The Morgan fingerprint density at radius 3 is 2.79 bits per heavy atom. The zero-order chi connectivity index (χ0) is 26.7. The molecular formula is C29H35F2N3O4. The number of hydrogen-bond donors (Lipinski definition) is 2. The van der Waals surface area contributed by atoms with E-state index in [-0.39, 0.29) is 38.3 Å². The zero-order valence-electron chi connectivity index (χ0n) is 21.9. The Balaban J connectivity index is 1.37. The number of fused-ring (bicyclic) bond motifs is 3. The second-order valence-electron chi connectivity index (χ2n) is 10.2. The quantitative estimate of drug-likeness (QED) is 0.323. The molecule has 1 aliphatic carbocycles. The first-order chi connectivity index (χ1) is 18.4. The number of nitrogens with one attached hydrogen (secondary N) is 2. The summed E-state index contributed by atoms with van der Waals surface area (Å²) in [6, 6.07) is 13.9. The second kappa shape index (κ2) is 11.2. The average Bonchev–Trinajstić information content (AvgIpc) is 3.54. The van der Waals surface area contributed by atoms with E-state index in [1.165, 1.54) is 10.9 Å². The van der Waals surface area contributed by atoms with Gasteiger partial charge in [0.25, 0.3) is 0 Å². The van der Waals surface area contributed by atoms with Crippen LogP contribution in [0.3, 0.4) is 0 Å². The summed E-state index contributed by atoms with van der Waals surface area (Å²) in [6.45, 7) is 2.49. The molecule has 9 heteroatoms. The van der Waals surface area contributed by atoms with Gasteiger partial charge in [-0.2, -0.15) is 0 Å². The van der Waals surface area contributed by atoms with Crippen LogP contribution in [0.5, 0.6) is 11.5 Å². The van der Waals surface area contributed by atoms with Crippen molar-refractivity contribution < 1.29 is 27.8 Å². The van der Waals surface area contributed by atoms with Gasteiger partial charge in [-0.05, 0) is 56.4 Å².